The van der Waals surface area contributed by atoms with Gasteiger partial charge in [-0.15, -0.1) is 0 Å². The van der Waals surface area contributed by atoms with Crippen molar-refractivity contribution in [1.82, 2.24) is 4.90 Å². The van der Waals surface area contributed by atoms with Crippen LogP contribution in [0.5, 0.6) is 5.75 Å². The Labute approximate surface area is 114 Å². The normalized spacial score (nSPS) is 16.4. The lowest BCUT2D eigenvalue weighted by molar-refractivity contribution is 0.0697. The van der Waals surface area contributed by atoms with Crippen LogP contribution in [0.2, 0.25) is 0 Å². The van der Waals surface area contributed by atoms with Crippen LogP contribution < -0.4 is 10.5 Å². The number of carbonyl (C=O) groups is 1. The molecule has 2 rings (SSSR count). The molecule has 1 fully saturated rings. The Morgan fingerprint density at radius 3 is 2.53 bits per heavy atom. The molecular weight excluding hydrogens is 240 g/mol. The van der Waals surface area contributed by atoms with Gasteiger partial charge in [-0.3, -0.25) is 4.79 Å². The molecule has 0 aromatic heterocycles. The van der Waals surface area contributed by atoms with E-state index in [2.05, 4.69) is 6.92 Å². The molecule has 2 N–H and O–H groups in total. The van der Waals surface area contributed by atoms with Crippen LogP contribution in [0.1, 0.15) is 30.1 Å². The minimum atomic E-state index is 0.122. The molecule has 0 aliphatic carbocycles. The Morgan fingerprint density at radius 1 is 1.32 bits per heavy atom. The Balaban J connectivity index is 1.95. The summed E-state index contributed by atoms with van der Waals surface area (Å²) < 4.78 is 5.40. The molecule has 4 nitrogen and oxygen atoms in total. The van der Waals surface area contributed by atoms with E-state index in [1.807, 2.05) is 29.2 Å². The van der Waals surface area contributed by atoms with Crippen LogP contribution in [0.4, 0.5) is 0 Å². The molecule has 1 saturated heterocycles. The van der Waals surface area contributed by atoms with Crippen LogP contribution in [-0.4, -0.2) is 37.0 Å². The first-order chi connectivity index (χ1) is 9.20. The van der Waals surface area contributed by atoms with Crippen molar-refractivity contribution in [2.24, 2.45) is 11.7 Å². The van der Waals surface area contributed by atoms with E-state index in [9.17, 15) is 4.79 Å². The number of amides is 1. The number of piperidine rings is 1. The predicted octanol–water partition coefficient (Wildman–Crippen LogP) is 1.90. The molecule has 0 bridgehead atoms. The second kappa shape index (κ2) is 6.57. The molecule has 104 valence electrons. The molecule has 1 heterocycles. The monoisotopic (exact) mass is 262 g/mol. The standard InChI is InChI=1S/C15H22N2O2/c1-12-6-9-17(10-7-12)15(18)13-2-4-14(5-3-13)19-11-8-16/h2-5,12H,6-11,16H2,1H3. The van der Waals surface area contributed by atoms with Gasteiger partial charge in [0, 0.05) is 25.2 Å². The first-order valence-corrected chi connectivity index (χ1v) is 6.93. The van der Waals surface area contributed by atoms with Crippen molar-refractivity contribution < 1.29 is 9.53 Å². The molecule has 0 radical (unpaired) electrons. The van der Waals surface area contributed by atoms with Crippen molar-refractivity contribution in [3.63, 3.8) is 0 Å². The number of likely N-dealkylation sites (tertiary alicyclic amines) is 1. The van der Waals surface area contributed by atoms with E-state index in [1.165, 1.54) is 0 Å². The van der Waals surface area contributed by atoms with Gasteiger partial charge in [-0.1, -0.05) is 6.92 Å². The first kappa shape index (κ1) is 13.9. The molecule has 1 aliphatic heterocycles. The van der Waals surface area contributed by atoms with Crippen LogP contribution in [0.25, 0.3) is 0 Å². The third kappa shape index (κ3) is 3.70. The van der Waals surface area contributed by atoms with Gasteiger partial charge < -0.3 is 15.4 Å². The zero-order valence-electron chi connectivity index (χ0n) is 11.5. The lowest BCUT2D eigenvalue weighted by atomic mass is 9.98. The molecule has 4 heteroatoms. The zero-order valence-corrected chi connectivity index (χ0v) is 11.5. The zero-order chi connectivity index (χ0) is 13.7. The van der Waals surface area contributed by atoms with Crippen molar-refractivity contribution in [3.8, 4) is 5.75 Å². The third-order valence-electron chi connectivity index (χ3n) is 3.56. The number of carbonyl (C=O) groups excluding carboxylic acids is 1. The van der Waals surface area contributed by atoms with Crippen LogP contribution in [0.15, 0.2) is 24.3 Å². The third-order valence-corrected chi connectivity index (χ3v) is 3.56. The number of ether oxygens (including phenoxy) is 1. The van der Waals surface area contributed by atoms with Gasteiger partial charge in [0.2, 0.25) is 0 Å². The van der Waals surface area contributed by atoms with Gasteiger partial charge in [0.1, 0.15) is 12.4 Å². The number of hydrogen-bond acceptors (Lipinski definition) is 3. The summed E-state index contributed by atoms with van der Waals surface area (Å²) in [4.78, 5) is 14.2. The minimum absolute atomic E-state index is 0.122. The largest absolute Gasteiger partial charge is 0.492 e. The lowest BCUT2D eigenvalue weighted by Crippen LogP contribution is -2.37. The quantitative estimate of drug-likeness (QED) is 0.901. The van der Waals surface area contributed by atoms with E-state index in [-0.39, 0.29) is 5.91 Å². The topological polar surface area (TPSA) is 55.6 Å². The van der Waals surface area contributed by atoms with E-state index in [0.29, 0.717) is 13.2 Å². The summed E-state index contributed by atoms with van der Waals surface area (Å²) in [6.45, 7) is 4.96. The van der Waals surface area contributed by atoms with E-state index in [4.69, 9.17) is 10.5 Å². The van der Waals surface area contributed by atoms with Crippen LogP contribution in [-0.2, 0) is 0 Å². The van der Waals surface area contributed by atoms with Crippen LogP contribution in [0.3, 0.4) is 0 Å². The van der Waals surface area contributed by atoms with Crippen molar-refractivity contribution >= 4 is 5.91 Å². The van der Waals surface area contributed by atoms with E-state index in [0.717, 1.165) is 43.2 Å². The predicted molar refractivity (Wildman–Crippen MR) is 75.3 cm³/mol. The molecule has 1 amide bonds. The maximum atomic E-state index is 12.3. The van der Waals surface area contributed by atoms with Gasteiger partial charge in [-0.25, -0.2) is 0 Å². The van der Waals surface area contributed by atoms with Crippen molar-refractivity contribution in [2.45, 2.75) is 19.8 Å². The number of rotatable bonds is 4. The van der Waals surface area contributed by atoms with Gasteiger partial charge >= 0.3 is 0 Å². The molecule has 1 aliphatic rings. The van der Waals surface area contributed by atoms with Crippen LogP contribution >= 0.6 is 0 Å². The van der Waals surface area contributed by atoms with E-state index >= 15 is 0 Å². The van der Waals surface area contributed by atoms with Crippen molar-refractivity contribution in [1.29, 1.82) is 0 Å². The molecule has 0 unspecified atom stereocenters. The second-order valence-electron chi connectivity index (χ2n) is 5.14. The molecule has 19 heavy (non-hydrogen) atoms. The summed E-state index contributed by atoms with van der Waals surface area (Å²) in [5, 5.41) is 0. The van der Waals surface area contributed by atoms with Crippen LogP contribution in [0, 0.1) is 5.92 Å². The summed E-state index contributed by atoms with van der Waals surface area (Å²) in [5.74, 6) is 1.61. The number of hydrogen-bond donors (Lipinski definition) is 1. The highest BCUT2D eigenvalue weighted by molar-refractivity contribution is 5.94. The van der Waals surface area contributed by atoms with E-state index in [1.54, 1.807) is 0 Å². The summed E-state index contributed by atoms with van der Waals surface area (Å²) >= 11 is 0. The van der Waals surface area contributed by atoms with Gasteiger partial charge in [0.15, 0.2) is 0 Å². The molecule has 0 atom stereocenters. The highest BCUT2D eigenvalue weighted by Gasteiger charge is 2.21. The summed E-state index contributed by atoms with van der Waals surface area (Å²) in [6.07, 6.45) is 2.20. The SMILES string of the molecule is CC1CCN(C(=O)c2ccc(OCCN)cc2)CC1. The lowest BCUT2D eigenvalue weighted by Gasteiger charge is -2.30. The fourth-order valence-electron chi connectivity index (χ4n) is 2.26. The number of nitrogens with zero attached hydrogens (tertiary/aromatic N) is 1. The summed E-state index contributed by atoms with van der Waals surface area (Å²) in [6, 6.07) is 7.31. The van der Waals surface area contributed by atoms with Gasteiger partial charge in [-0.05, 0) is 43.0 Å². The Bertz CT molecular complexity index is 409. The fourth-order valence-corrected chi connectivity index (χ4v) is 2.26. The van der Waals surface area contributed by atoms with Gasteiger partial charge in [0.05, 0.1) is 0 Å². The molecule has 0 spiro atoms. The number of benzene rings is 1. The Kier molecular flexibility index (Phi) is 4.80. The van der Waals surface area contributed by atoms with Gasteiger partial charge in [-0.2, -0.15) is 0 Å². The summed E-state index contributed by atoms with van der Waals surface area (Å²) in [7, 11) is 0. The molecular formula is C15H22N2O2. The highest BCUT2D eigenvalue weighted by Crippen LogP contribution is 2.19. The Morgan fingerprint density at radius 2 is 1.95 bits per heavy atom. The maximum absolute atomic E-state index is 12.3. The summed E-state index contributed by atoms with van der Waals surface area (Å²) in [5.41, 5.74) is 6.11. The molecule has 1 aromatic rings. The van der Waals surface area contributed by atoms with Gasteiger partial charge in [0.25, 0.3) is 5.91 Å². The first-order valence-electron chi connectivity index (χ1n) is 6.93. The fraction of sp³-hybridized carbons (Fsp3) is 0.533. The van der Waals surface area contributed by atoms with Crippen molar-refractivity contribution in [3.05, 3.63) is 29.8 Å². The average Bonchev–Trinajstić information content (AvgIpc) is 2.46. The molecule has 0 saturated carbocycles. The highest BCUT2D eigenvalue weighted by atomic mass is 16.5. The smallest absolute Gasteiger partial charge is 0.253 e. The maximum Gasteiger partial charge on any atom is 0.253 e. The minimum Gasteiger partial charge on any atom is -0.492 e. The average molecular weight is 262 g/mol. The molecule has 1 aromatic carbocycles. The van der Waals surface area contributed by atoms with E-state index < -0.39 is 0 Å². The Hall–Kier alpha value is -1.55. The van der Waals surface area contributed by atoms with Crippen molar-refractivity contribution in [2.75, 3.05) is 26.2 Å². The second-order valence-corrected chi connectivity index (χ2v) is 5.14. The number of nitrogens with two attached hydrogens (primary N) is 1.